The lowest BCUT2D eigenvalue weighted by atomic mass is 9.94. The highest BCUT2D eigenvalue weighted by atomic mass is 79.9. The number of nitrogens with zero attached hydrogens (tertiary/aromatic N) is 1. The molecule has 0 spiro atoms. The first-order valence-electron chi connectivity index (χ1n) is 10.9. The van der Waals surface area contributed by atoms with Gasteiger partial charge in [0.05, 0.1) is 5.41 Å². The van der Waals surface area contributed by atoms with Crippen LogP contribution in [0.2, 0.25) is 0 Å². The van der Waals surface area contributed by atoms with Gasteiger partial charge in [0.25, 0.3) is 0 Å². The van der Waals surface area contributed by atoms with Gasteiger partial charge in [-0.25, -0.2) is 0 Å². The number of carbonyl (C=O) groups is 2. The standard InChI is InChI=1S/C24H27BrF3N3O3/c1-29-13-14-31(2)21(32)20(15-16-3-7-18(25)8-4-16)30-22(33)23(11-12-23)17-5-9-19(10-6-17)34-24(26,27)28/h3-10,20,29H,11-15H2,1-2H3,(H,30,33)/t20-/m0/s1. The molecule has 0 heterocycles. The third kappa shape index (κ3) is 6.73. The fourth-order valence-corrected chi connectivity index (χ4v) is 4.02. The monoisotopic (exact) mass is 541 g/mol. The van der Waals surface area contributed by atoms with Crippen LogP contribution in [0.4, 0.5) is 13.2 Å². The molecule has 2 aromatic rings. The van der Waals surface area contributed by atoms with E-state index in [0.717, 1.165) is 10.0 Å². The molecule has 1 aliphatic rings. The molecule has 0 aromatic heterocycles. The maximum atomic E-state index is 13.3. The number of rotatable bonds is 10. The Morgan fingerprint density at radius 3 is 2.26 bits per heavy atom. The van der Waals surface area contributed by atoms with Crippen LogP contribution in [0, 0.1) is 0 Å². The predicted molar refractivity (Wildman–Crippen MR) is 125 cm³/mol. The van der Waals surface area contributed by atoms with Crippen molar-refractivity contribution < 1.29 is 27.5 Å². The van der Waals surface area contributed by atoms with Crippen LogP contribution in [0.1, 0.15) is 24.0 Å². The normalized spacial score (nSPS) is 15.4. The summed E-state index contributed by atoms with van der Waals surface area (Å²) >= 11 is 3.39. The average Bonchev–Trinajstić information content (AvgIpc) is 3.59. The van der Waals surface area contributed by atoms with Gasteiger partial charge in [-0.05, 0) is 55.3 Å². The lowest BCUT2D eigenvalue weighted by Gasteiger charge is -2.27. The van der Waals surface area contributed by atoms with E-state index in [1.165, 1.54) is 24.3 Å². The summed E-state index contributed by atoms with van der Waals surface area (Å²) < 4.78 is 42.2. The summed E-state index contributed by atoms with van der Waals surface area (Å²) in [5.74, 6) is -0.868. The van der Waals surface area contributed by atoms with E-state index in [2.05, 4.69) is 31.3 Å². The Balaban J connectivity index is 1.77. The van der Waals surface area contributed by atoms with E-state index >= 15 is 0 Å². The van der Waals surface area contributed by atoms with Crippen LogP contribution < -0.4 is 15.4 Å². The first kappa shape index (κ1) is 26.0. The van der Waals surface area contributed by atoms with Gasteiger partial charge >= 0.3 is 6.36 Å². The molecular weight excluding hydrogens is 515 g/mol. The smallest absolute Gasteiger partial charge is 0.406 e. The minimum Gasteiger partial charge on any atom is -0.406 e. The van der Waals surface area contributed by atoms with Crippen molar-refractivity contribution in [2.45, 2.75) is 37.1 Å². The number of hydrogen-bond donors (Lipinski definition) is 2. The van der Waals surface area contributed by atoms with E-state index in [4.69, 9.17) is 0 Å². The van der Waals surface area contributed by atoms with Gasteiger partial charge in [0.2, 0.25) is 11.8 Å². The Labute approximate surface area is 205 Å². The molecule has 34 heavy (non-hydrogen) atoms. The van der Waals surface area contributed by atoms with Gasteiger partial charge in [-0.3, -0.25) is 9.59 Å². The molecule has 184 valence electrons. The molecular formula is C24H27BrF3N3O3. The lowest BCUT2D eigenvalue weighted by molar-refractivity contribution is -0.274. The van der Waals surface area contributed by atoms with Gasteiger partial charge in [0.1, 0.15) is 11.8 Å². The Morgan fingerprint density at radius 1 is 1.12 bits per heavy atom. The Hall–Kier alpha value is -2.59. The van der Waals surface area contributed by atoms with Gasteiger partial charge in [-0.2, -0.15) is 0 Å². The summed E-state index contributed by atoms with van der Waals surface area (Å²) in [6.07, 6.45) is -3.37. The van der Waals surface area contributed by atoms with Crippen LogP contribution in [-0.4, -0.2) is 56.3 Å². The van der Waals surface area contributed by atoms with Crippen molar-refractivity contribution in [3.05, 3.63) is 64.1 Å². The van der Waals surface area contributed by atoms with E-state index in [1.54, 1.807) is 19.0 Å². The van der Waals surface area contributed by atoms with E-state index in [1.807, 2.05) is 24.3 Å². The Kier molecular flexibility index (Phi) is 8.25. The van der Waals surface area contributed by atoms with Crippen LogP contribution in [-0.2, 0) is 21.4 Å². The van der Waals surface area contributed by atoms with Crippen molar-refractivity contribution in [1.29, 1.82) is 0 Å². The number of carbonyl (C=O) groups excluding carboxylic acids is 2. The molecule has 0 aliphatic heterocycles. The van der Waals surface area contributed by atoms with Crippen molar-refractivity contribution in [2.75, 3.05) is 27.2 Å². The van der Waals surface area contributed by atoms with Crippen LogP contribution >= 0.6 is 15.9 Å². The van der Waals surface area contributed by atoms with Crippen molar-refractivity contribution in [2.24, 2.45) is 0 Å². The summed E-state index contributed by atoms with van der Waals surface area (Å²) in [5, 5.41) is 5.91. The maximum absolute atomic E-state index is 13.3. The molecule has 1 saturated carbocycles. The molecule has 6 nitrogen and oxygen atoms in total. The zero-order valence-electron chi connectivity index (χ0n) is 18.9. The highest BCUT2D eigenvalue weighted by Gasteiger charge is 2.52. The van der Waals surface area contributed by atoms with Gasteiger partial charge in [-0.15, -0.1) is 13.2 Å². The first-order valence-corrected chi connectivity index (χ1v) is 11.6. The summed E-state index contributed by atoms with van der Waals surface area (Å²) in [6.45, 7) is 1.09. The Morgan fingerprint density at radius 2 is 1.74 bits per heavy atom. The van der Waals surface area contributed by atoms with Crippen LogP contribution in [0.3, 0.4) is 0 Å². The van der Waals surface area contributed by atoms with E-state index in [-0.39, 0.29) is 17.6 Å². The molecule has 1 aliphatic carbocycles. The third-order valence-electron chi connectivity index (χ3n) is 5.86. The van der Waals surface area contributed by atoms with Gasteiger partial charge in [0.15, 0.2) is 0 Å². The minimum atomic E-state index is -4.78. The van der Waals surface area contributed by atoms with Crippen molar-refractivity contribution in [3.63, 3.8) is 0 Å². The van der Waals surface area contributed by atoms with Crippen LogP contribution in [0.15, 0.2) is 53.0 Å². The number of nitrogens with one attached hydrogen (secondary N) is 2. The number of benzene rings is 2. The first-order chi connectivity index (χ1) is 16.0. The predicted octanol–water partition coefficient (Wildman–Crippen LogP) is 3.78. The second-order valence-electron chi connectivity index (χ2n) is 8.37. The second kappa shape index (κ2) is 10.8. The van der Waals surface area contributed by atoms with E-state index < -0.39 is 17.8 Å². The fourth-order valence-electron chi connectivity index (χ4n) is 3.76. The summed E-state index contributed by atoms with van der Waals surface area (Å²) in [4.78, 5) is 28.1. The number of ether oxygens (including phenoxy) is 1. The van der Waals surface area contributed by atoms with Crippen LogP contribution in [0.25, 0.3) is 0 Å². The van der Waals surface area contributed by atoms with Crippen LogP contribution in [0.5, 0.6) is 5.75 Å². The molecule has 3 rings (SSSR count). The molecule has 0 unspecified atom stereocenters. The molecule has 2 aromatic carbocycles. The lowest BCUT2D eigenvalue weighted by Crippen LogP contribution is -2.52. The summed E-state index contributed by atoms with van der Waals surface area (Å²) in [5.41, 5.74) is 0.624. The fraction of sp³-hybridized carbons (Fsp3) is 0.417. The largest absolute Gasteiger partial charge is 0.573 e. The molecule has 1 atom stereocenters. The number of halogens is 4. The third-order valence-corrected chi connectivity index (χ3v) is 6.38. The molecule has 0 saturated heterocycles. The number of hydrogen-bond acceptors (Lipinski definition) is 4. The Bertz CT molecular complexity index is 993. The molecule has 0 radical (unpaired) electrons. The summed E-state index contributed by atoms with van der Waals surface area (Å²) in [7, 11) is 3.48. The minimum absolute atomic E-state index is 0.212. The average molecular weight is 542 g/mol. The molecule has 0 bridgehead atoms. The second-order valence-corrected chi connectivity index (χ2v) is 9.29. The highest BCUT2D eigenvalue weighted by molar-refractivity contribution is 9.10. The SMILES string of the molecule is CNCCN(C)C(=O)[C@H](Cc1ccc(Br)cc1)NC(=O)C1(c2ccc(OC(F)(F)F)cc2)CC1. The number of alkyl halides is 3. The zero-order valence-corrected chi connectivity index (χ0v) is 20.5. The molecule has 2 N–H and O–H groups in total. The van der Waals surface area contributed by atoms with Crippen molar-refractivity contribution in [3.8, 4) is 5.75 Å². The number of amides is 2. The number of likely N-dealkylation sites (N-methyl/N-ethyl adjacent to an activating group) is 2. The molecule has 1 fully saturated rings. The summed E-state index contributed by atoms with van der Waals surface area (Å²) in [6, 6.07) is 12.1. The van der Waals surface area contributed by atoms with Gasteiger partial charge in [-0.1, -0.05) is 40.2 Å². The van der Waals surface area contributed by atoms with Crippen molar-refractivity contribution >= 4 is 27.7 Å². The van der Waals surface area contributed by atoms with Gasteiger partial charge in [0, 0.05) is 31.0 Å². The van der Waals surface area contributed by atoms with E-state index in [9.17, 15) is 22.8 Å². The van der Waals surface area contributed by atoms with Crippen molar-refractivity contribution in [1.82, 2.24) is 15.5 Å². The zero-order chi connectivity index (χ0) is 24.9. The molecule has 2 amide bonds. The quantitative estimate of drug-likeness (QED) is 0.480. The topological polar surface area (TPSA) is 70.7 Å². The van der Waals surface area contributed by atoms with E-state index in [0.29, 0.717) is 37.9 Å². The highest BCUT2D eigenvalue weighted by Crippen LogP contribution is 2.49. The van der Waals surface area contributed by atoms with Gasteiger partial charge < -0.3 is 20.3 Å². The maximum Gasteiger partial charge on any atom is 0.573 e. The molecule has 10 heteroatoms.